The first kappa shape index (κ1) is 15.1. The smallest absolute Gasteiger partial charge is 0.335 e. The molecule has 0 radical (unpaired) electrons. The monoisotopic (exact) mass is 289 g/mol. The number of aromatic nitrogens is 1. The van der Waals surface area contributed by atoms with Crippen LogP contribution in [0.5, 0.6) is 5.75 Å². The van der Waals surface area contributed by atoms with Crippen molar-refractivity contribution in [2.75, 3.05) is 6.61 Å². The molecule has 0 aliphatic rings. The van der Waals surface area contributed by atoms with Crippen molar-refractivity contribution in [2.24, 2.45) is 0 Å². The van der Waals surface area contributed by atoms with E-state index in [9.17, 15) is 14.7 Å². The van der Waals surface area contributed by atoms with E-state index < -0.39 is 5.97 Å². The fraction of sp³-hybridized carbons (Fsp3) is 0.375. The van der Waals surface area contributed by atoms with Gasteiger partial charge in [-0.25, -0.2) is 4.79 Å². The first-order valence-corrected chi connectivity index (χ1v) is 7.12. The predicted octanol–water partition coefficient (Wildman–Crippen LogP) is 2.90. The fourth-order valence-corrected chi connectivity index (χ4v) is 2.30. The summed E-state index contributed by atoms with van der Waals surface area (Å²) in [6.07, 6.45) is 1.62. The van der Waals surface area contributed by atoms with Gasteiger partial charge in [0.2, 0.25) is 0 Å². The second kappa shape index (κ2) is 6.43. The Bertz CT molecular complexity index is 718. The van der Waals surface area contributed by atoms with Gasteiger partial charge in [0.05, 0.1) is 17.7 Å². The molecule has 1 aromatic heterocycles. The number of carboxylic acid groups (broad SMARTS) is 1. The van der Waals surface area contributed by atoms with Crippen LogP contribution in [0.3, 0.4) is 0 Å². The third kappa shape index (κ3) is 3.07. The number of pyridine rings is 1. The van der Waals surface area contributed by atoms with Crippen LogP contribution in [0.2, 0.25) is 0 Å². The second-order valence-corrected chi connectivity index (χ2v) is 4.89. The lowest BCUT2D eigenvalue weighted by Gasteiger charge is -2.15. The van der Waals surface area contributed by atoms with Crippen molar-refractivity contribution >= 4 is 16.9 Å². The zero-order valence-corrected chi connectivity index (χ0v) is 12.3. The van der Waals surface area contributed by atoms with Crippen LogP contribution in [0.4, 0.5) is 0 Å². The third-order valence-electron chi connectivity index (χ3n) is 3.20. The molecule has 5 heteroatoms. The molecule has 5 nitrogen and oxygen atoms in total. The number of hydrogen-bond donors (Lipinski definition) is 1. The Labute approximate surface area is 122 Å². The zero-order valence-electron chi connectivity index (χ0n) is 12.3. The number of fused-ring (bicyclic) bond motifs is 1. The Morgan fingerprint density at radius 1 is 1.24 bits per heavy atom. The molecular weight excluding hydrogens is 270 g/mol. The van der Waals surface area contributed by atoms with Crippen molar-refractivity contribution in [3.63, 3.8) is 0 Å². The molecule has 0 aliphatic heterocycles. The van der Waals surface area contributed by atoms with Crippen molar-refractivity contribution in [3.05, 3.63) is 40.2 Å². The van der Waals surface area contributed by atoms with Crippen LogP contribution in [0.15, 0.2) is 29.1 Å². The van der Waals surface area contributed by atoms with Gasteiger partial charge in [0, 0.05) is 18.0 Å². The number of carbonyl (C=O) groups is 1. The normalized spacial score (nSPS) is 10.8. The Morgan fingerprint density at radius 3 is 2.62 bits per heavy atom. The first-order valence-electron chi connectivity index (χ1n) is 7.12. The molecule has 1 aromatic carbocycles. The summed E-state index contributed by atoms with van der Waals surface area (Å²) in [6.45, 7) is 5.02. The molecule has 0 saturated heterocycles. The van der Waals surface area contributed by atoms with Crippen LogP contribution in [-0.2, 0) is 6.54 Å². The maximum absolute atomic E-state index is 12.1. The van der Waals surface area contributed by atoms with Gasteiger partial charge in [-0.1, -0.05) is 13.8 Å². The zero-order chi connectivity index (χ0) is 15.4. The first-order chi connectivity index (χ1) is 10.1. The molecule has 0 fully saturated rings. The maximum Gasteiger partial charge on any atom is 0.335 e. The van der Waals surface area contributed by atoms with Crippen LogP contribution < -0.4 is 10.3 Å². The van der Waals surface area contributed by atoms with Crippen molar-refractivity contribution < 1.29 is 14.6 Å². The average molecular weight is 289 g/mol. The Kier molecular flexibility index (Phi) is 4.62. The summed E-state index contributed by atoms with van der Waals surface area (Å²) in [4.78, 5) is 23.3. The molecule has 1 heterocycles. The molecule has 112 valence electrons. The lowest BCUT2D eigenvalue weighted by atomic mass is 10.1. The lowest BCUT2D eigenvalue weighted by Crippen LogP contribution is -2.20. The summed E-state index contributed by atoms with van der Waals surface area (Å²) < 4.78 is 7.32. The standard InChI is InChI=1S/C16H19NO4/c1-3-7-17-14(18)6-5-11-9-12(16(19)20)10-13(15(11)17)21-8-4-2/h5-6,9-10H,3-4,7-8H2,1-2H3,(H,19,20). The Hall–Kier alpha value is -2.30. The van der Waals surface area contributed by atoms with Crippen LogP contribution in [-0.4, -0.2) is 22.2 Å². The van der Waals surface area contributed by atoms with E-state index in [0.717, 1.165) is 12.8 Å². The quantitative estimate of drug-likeness (QED) is 0.887. The highest BCUT2D eigenvalue weighted by Gasteiger charge is 2.14. The molecule has 21 heavy (non-hydrogen) atoms. The minimum atomic E-state index is -1.01. The fourth-order valence-electron chi connectivity index (χ4n) is 2.30. The minimum Gasteiger partial charge on any atom is -0.491 e. The van der Waals surface area contributed by atoms with Crippen molar-refractivity contribution in [1.82, 2.24) is 4.57 Å². The SMILES string of the molecule is CCCOc1cc(C(=O)O)cc2ccc(=O)n(CCC)c12. The number of benzene rings is 1. The summed E-state index contributed by atoms with van der Waals surface area (Å²) in [5.41, 5.74) is 0.729. The number of aromatic carboxylic acids is 1. The van der Waals surface area contributed by atoms with E-state index in [0.29, 0.717) is 29.8 Å². The molecule has 0 spiro atoms. The van der Waals surface area contributed by atoms with Gasteiger partial charge in [0.15, 0.2) is 0 Å². The van der Waals surface area contributed by atoms with Crippen molar-refractivity contribution in [2.45, 2.75) is 33.2 Å². The van der Waals surface area contributed by atoms with Gasteiger partial charge in [-0.3, -0.25) is 4.79 Å². The van der Waals surface area contributed by atoms with Gasteiger partial charge in [-0.15, -0.1) is 0 Å². The summed E-state index contributed by atoms with van der Waals surface area (Å²) in [5, 5.41) is 9.90. The van der Waals surface area contributed by atoms with Crippen LogP contribution in [0.25, 0.3) is 10.9 Å². The molecule has 0 atom stereocenters. The van der Waals surface area contributed by atoms with E-state index in [2.05, 4.69) is 0 Å². The number of ether oxygens (including phenoxy) is 1. The highest BCUT2D eigenvalue weighted by molar-refractivity contribution is 5.96. The number of rotatable bonds is 6. The Balaban J connectivity index is 2.75. The van der Waals surface area contributed by atoms with E-state index in [-0.39, 0.29) is 11.1 Å². The van der Waals surface area contributed by atoms with Crippen molar-refractivity contribution in [1.29, 1.82) is 0 Å². The Morgan fingerprint density at radius 2 is 2.00 bits per heavy atom. The molecule has 0 bridgehead atoms. The number of carboxylic acids is 1. The summed E-state index contributed by atoms with van der Waals surface area (Å²) in [5.74, 6) is -0.551. The third-order valence-corrected chi connectivity index (χ3v) is 3.20. The topological polar surface area (TPSA) is 68.5 Å². The molecule has 0 amide bonds. The van der Waals surface area contributed by atoms with Crippen LogP contribution in [0.1, 0.15) is 37.0 Å². The summed E-state index contributed by atoms with van der Waals surface area (Å²) in [7, 11) is 0. The van der Waals surface area contributed by atoms with E-state index in [4.69, 9.17) is 4.74 Å². The summed E-state index contributed by atoms with van der Waals surface area (Å²) >= 11 is 0. The lowest BCUT2D eigenvalue weighted by molar-refractivity contribution is 0.0696. The van der Waals surface area contributed by atoms with Crippen LogP contribution in [0, 0.1) is 0 Å². The van der Waals surface area contributed by atoms with E-state index in [1.807, 2.05) is 13.8 Å². The van der Waals surface area contributed by atoms with Crippen molar-refractivity contribution in [3.8, 4) is 5.75 Å². The predicted molar refractivity (Wildman–Crippen MR) is 81.2 cm³/mol. The molecule has 0 saturated carbocycles. The second-order valence-electron chi connectivity index (χ2n) is 4.89. The highest BCUT2D eigenvalue weighted by atomic mass is 16.5. The van der Waals surface area contributed by atoms with Gasteiger partial charge in [0.1, 0.15) is 5.75 Å². The molecule has 0 unspecified atom stereocenters. The van der Waals surface area contributed by atoms with Gasteiger partial charge in [-0.2, -0.15) is 0 Å². The molecular formula is C16H19NO4. The van der Waals surface area contributed by atoms with Crippen LogP contribution >= 0.6 is 0 Å². The van der Waals surface area contributed by atoms with Gasteiger partial charge >= 0.3 is 5.97 Å². The minimum absolute atomic E-state index is 0.103. The molecule has 0 aliphatic carbocycles. The number of nitrogens with zero attached hydrogens (tertiary/aromatic N) is 1. The van der Waals surface area contributed by atoms with E-state index >= 15 is 0 Å². The number of aryl methyl sites for hydroxylation is 1. The largest absolute Gasteiger partial charge is 0.491 e. The maximum atomic E-state index is 12.1. The molecule has 1 N–H and O–H groups in total. The number of hydrogen-bond acceptors (Lipinski definition) is 3. The van der Waals surface area contributed by atoms with Gasteiger partial charge < -0.3 is 14.4 Å². The summed E-state index contributed by atoms with van der Waals surface area (Å²) in [6, 6.07) is 6.18. The molecule has 2 aromatic rings. The highest BCUT2D eigenvalue weighted by Crippen LogP contribution is 2.27. The van der Waals surface area contributed by atoms with Gasteiger partial charge in [0.25, 0.3) is 5.56 Å². The van der Waals surface area contributed by atoms with E-state index in [1.165, 1.54) is 12.1 Å². The van der Waals surface area contributed by atoms with Gasteiger partial charge in [-0.05, 0) is 31.0 Å². The van der Waals surface area contributed by atoms with E-state index in [1.54, 1.807) is 16.7 Å². The average Bonchev–Trinajstić information content (AvgIpc) is 2.47. The molecule has 2 rings (SSSR count).